The summed E-state index contributed by atoms with van der Waals surface area (Å²) >= 11 is 0. The van der Waals surface area contributed by atoms with Crippen LogP contribution in [-0.2, 0) is 0 Å². The Hall–Kier alpha value is -1.42. The van der Waals surface area contributed by atoms with Crippen molar-refractivity contribution in [3.63, 3.8) is 0 Å². The molecule has 1 saturated carbocycles. The zero-order valence-corrected chi connectivity index (χ0v) is 11.1. The average Bonchev–Trinajstić information content (AvgIpc) is 3.08. The van der Waals surface area contributed by atoms with Gasteiger partial charge in [-0.1, -0.05) is 6.92 Å². The molecule has 4 heteroatoms. The van der Waals surface area contributed by atoms with Gasteiger partial charge in [0.15, 0.2) is 0 Å². The number of rotatable bonds is 3. The fourth-order valence-electron chi connectivity index (χ4n) is 3.00. The molecule has 3 nitrogen and oxygen atoms in total. The number of hydrogen-bond acceptors (Lipinski definition) is 2. The summed E-state index contributed by atoms with van der Waals surface area (Å²) in [6, 6.07) is 5.48. The Bertz CT molecular complexity index is 626. The number of hydrogen-bond donors (Lipinski definition) is 1. The fraction of sp³-hybridized carbons (Fsp3) is 0.533. The first-order valence-corrected chi connectivity index (χ1v) is 7.12. The molecule has 0 amide bonds. The second kappa shape index (κ2) is 4.04. The van der Waals surface area contributed by atoms with Crippen LogP contribution in [0.1, 0.15) is 37.5 Å². The van der Waals surface area contributed by atoms with Crippen LogP contribution in [0.4, 0.5) is 4.39 Å². The largest absolute Gasteiger partial charge is 0.325 e. The average molecular weight is 259 g/mol. The van der Waals surface area contributed by atoms with E-state index in [4.69, 9.17) is 4.98 Å². The third kappa shape index (κ3) is 1.77. The van der Waals surface area contributed by atoms with E-state index in [2.05, 4.69) is 16.8 Å². The summed E-state index contributed by atoms with van der Waals surface area (Å²) in [6.45, 7) is 4.40. The monoisotopic (exact) mass is 259 g/mol. The van der Waals surface area contributed by atoms with E-state index < -0.39 is 0 Å². The molecule has 2 fully saturated rings. The van der Waals surface area contributed by atoms with Crippen LogP contribution < -0.4 is 5.32 Å². The van der Waals surface area contributed by atoms with Gasteiger partial charge in [-0.15, -0.1) is 0 Å². The summed E-state index contributed by atoms with van der Waals surface area (Å²) in [7, 11) is 0. The minimum Gasteiger partial charge on any atom is -0.325 e. The zero-order valence-electron chi connectivity index (χ0n) is 11.1. The van der Waals surface area contributed by atoms with Crippen LogP contribution in [0, 0.1) is 11.7 Å². The lowest BCUT2D eigenvalue weighted by Crippen LogP contribution is -2.45. The van der Waals surface area contributed by atoms with Gasteiger partial charge in [0.25, 0.3) is 0 Å². The third-order valence-corrected chi connectivity index (χ3v) is 4.52. The Morgan fingerprint density at radius 2 is 2.16 bits per heavy atom. The van der Waals surface area contributed by atoms with E-state index in [9.17, 15) is 4.39 Å². The predicted octanol–water partition coefficient (Wildman–Crippen LogP) is 2.83. The summed E-state index contributed by atoms with van der Waals surface area (Å²) in [4.78, 5) is 4.79. The lowest BCUT2D eigenvalue weighted by atomic mass is 9.88. The van der Waals surface area contributed by atoms with Crippen LogP contribution in [0.5, 0.6) is 0 Å². The molecule has 0 spiro atoms. The summed E-state index contributed by atoms with van der Waals surface area (Å²) in [5.74, 6) is 2.09. The molecule has 1 aromatic carbocycles. The Kier molecular flexibility index (Phi) is 2.42. The highest BCUT2D eigenvalue weighted by molar-refractivity contribution is 5.76. The standard InChI is InChI=1S/C15H18FN3/c1-9(10-7-17-8-10)15-18-13-5-2-11(16)6-14(13)19(15)12-3-4-12/h2,5-6,9-10,12,17H,3-4,7-8H2,1H3. The van der Waals surface area contributed by atoms with E-state index in [1.54, 1.807) is 12.1 Å². The zero-order chi connectivity index (χ0) is 13.0. The van der Waals surface area contributed by atoms with Gasteiger partial charge in [0.05, 0.1) is 11.0 Å². The van der Waals surface area contributed by atoms with E-state index in [1.165, 1.54) is 18.9 Å². The number of fused-ring (bicyclic) bond motifs is 1. The first-order valence-electron chi connectivity index (χ1n) is 7.12. The fourth-order valence-corrected chi connectivity index (χ4v) is 3.00. The molecule has 0 radical (unpaired) electrons. The highest BCUT2D eigenvalue weighted by atomic mass is 19.1. The Morgan fingerprint density at radius 1 is 1.37 bits per heavy atom. The van der Waals surface area contributed by atoms with Gasteiger partial charge in [0.1, 0.15) is 11.6 Å². The summed E-state index contributed by atoms with van der Waals surface area (Å²) in [6.07, 6.45) is 2.40. The van der Waals surface area contributed by atoms with Crippen molar-refractivity contribution in [2.45, 2.75) is 31.7 Å². The van der Waals surface area contributed by atoms with E-state index in [1.807, 2.05) is 0 Å². The van der Waals surface area contributed by atoms with Crippen LogP contribution in [-0.4, -0.2) is 22.6 Å². The first kappa shape index (κ1) is 11.4. The molecule has 1 N–H and O–H groups in total. The highest BCUT2D eigenvalue weighted by Crippen LogP contribution is 2.41. The predicted molar refractivity (Wildman–Crippen MR) is 72.7 cm³/mol. The van der Waals surface area contributed by atoms with Gasteiger partial charge < -0.3 is 9.88 Å². The number of benzene rings is 1. The van der Waals surface area contributed by atoms with Crippen LogP contribution in [0.3, 0.4) is 0 Å². The molecule has 1 unspecified atom stereocenters. The number of aromatic nitrogens is 2. The molecule has 1 aromatic heterocycles. The summed E-state index contributed by atoms with van der Waals surface area (Å²) < 4.78 is 15.8. The smallest absolute Gasteiger partial charge is 0.125 e. The van der Waals surface area contributed by atoms with Crippen molar-refractivity contribution in [3.05, 3.63) is 29.8 Å². The molecule has 2 aliphatic rings. The van der Waals surface area contributed by atoms with Crippen molar-refractivity contribution in [3.8, 4) is 0 Å². The molecule has 100 valence electrons. The topological polar surface area (TPSA) is 29.9 Å². The van der Waals surface area contributed by atoms with Gasteiger partial charge in [0, 0.05) is 12.0 Å². The third-order valence-electron chi connectivity index (χ3n) is 4.52. The van der Waals surface area contributed by atoms with Crippen molar-refractivity contribution in [2.75, 3.05) is 13.1 Å². The van der Waals surface area contributed by atoms with Gasteiger partial charge in [0.2, 0.25) is 0 Å². The van der Waals surface area contributed by atoms with Crippen LogP contribution in [0.2, 0.25) is 0 Å². The van der Waals surface area contributed by atoms with E-state index in [0.717, 1.165) is 29.9 Å². The Balaban J connectivity index is 1.86. The SMILES string of the molecule is CC(c1nc2ccc(F)cc2n1C1CC1)C1CNC1. The normalized spacial score (nSPS) is 21.6. The molecule has 1 aliphatic carbocycles. The van der Waals surface area contributed by atoms with Gasteiger partial charge in [-0.25, -0.2) is 9.37 Å². The number of nitrogens with one attached hydrogen (secondary N) is 1. The molecule has 19 heavy (non-hydrogen) atoms. The van der Waals surface area contributed by atoms with E-state index >= 15 is 0 Å². The molecule has 2 aromatic rings. The maximum Gasteiger partial charge on any atom is 0.125 e. The van der Waals surface area contributed by atoms with Crippen molar-refractivity contribution >= 4 is 11.0 Å². The number of halogens is 1. The number of imidazole rings is 1. The van der Waals surface area contributed by atoms with E-state index in [0.29, 0.717) is 17.9 Å². The summed E-state index contributed by atoms with van der Waals surface area (Å²) in [5.41, 5.74) is 1.90. The summed E-state index contributed by atoms with van der Waals surface area (Å²) in [5, 5.41) is 3.32. The lowest BCUT2D eigenvalue weighted by molar-refractivity contribution is 0.291. The second-order valence-electron chi connectivity index (χ2n) is 5.91. The molecule has 4 rings (SSSR count). The van der Waals surface area contributed by atoms with Gasteiger partial charge in [-0.2, -0.15) is 0 Å². The van der Waals surface area contributed by atoms with Crippen molar-refractivity contribution in [1.82, 2.24) is 14.9 Å². The van der Waals surface area contributed by atoms with Crippen molar-refractivity contribution in [2.24, 2.45) is 5.92 Å². The van der Waals surface area contributed by atoms with Crippen LogP contribution in [0.25, 0.3) is 11.0 Å². The molecule has 2 heterocycles. The van der Waals surface area contributed by atoms with Gasteiger partial charge >= 0.3 is 0 Å². The first-order chi connectivity index (χ1) is 9.24. The molecular weight excluding hydrogens is 241 g/mol. The minimum atomic E-state index is -0.168. The quantitative estimate of drug-likeness (QED) is 0.918. The maximum absolute atomic E-state index is 13.5. The van der Waals surface area contributed by atoms with Crippen molar-refractivity contribution in [1.29, 1.82) is 0 Å². The Morgan fingerprint density at radius 3 is 2.79 bits per heavy atom. The molecule has 1 aliphatic heterocycles. The molecular formula is C15H18FN3. The highest BCUT2D eigenvalue weighted by Gasteiger charge is 2.34. The number of nitrogens with zero attached hydrogens (tertiary/aromatic N) is 2. The van der Waals surface area contributed by atoms with Crippen molar-refractivity contribution < 1.29 is 4.39 Å². The lowest BCUT2D eigenvalue weighted by Gasteiger charge is -2.32. The molecule has 0 bridgehead atoms. The maximum atomic E-state index is 13.5. The van der Waals surface area contributed by atoms with Crippen LogP contribution >= 0.6 is 0 Å². The second-order valence-corrected chi connectivity index (χ2v) is 5.91. The molecule has 1 saturated heterocycles. The van der Waals surface area contributed by atoms with Gasteiger partial charge in [-0.05, 0) is 50.0 Å². The van der Waals surface area contributed by atoms with Crippen LogP contribution in [0.15, 0.2) is 18.2 Å². The molecule has 1 atom stereocenters. The van der Waals surface area contributed by atoms with Gasteiger partial charge in [-0.3, -0.25) is 0 Å². The Labute approximate surface area is 111 Å². The van der Waals surface area contributed by atoms with E-state index in [-0.39, 0.29) is 5.82 Å². The minimum absolute atomic E-state index is 0.168.